The summed E-state index contributed by atoms with van der Waals surface area (Å²) in [4.78, 5) is 28.1. The molecule has 1 atom stereocenters. The van der Waals surface area contributed by atoms with E-state index < -0.39 is 11.9 Å². The van der Waals surface area contributed by atoms with Crippen LogP contribution in [0.1, 0.15) is 49.2 Å². The Balaban J connectivity index is 1.79. The zero-order valence-corrected chi connectivity index (χ0v) is 20.9. The number of hydrogen-bond donors (Lipinski definition) is 1. The molecule has 2 aromatic rings. The molecule has 1 heterocycles. The molecule has 1 unspecified atom stereocenters. The van der Waals surface area contributed by atoms with Crippen LogP contribution in [-0.4, -0.2) is 42.5 Å². The van der Waals surface area contributed by atoms with Crippen LogP contribution in [0.4, 0.5) is 0 Å². The SMILES string of the molecule is CCOc1cc2c(cc1OCC)CN(C(=O)C(NC(=O)c1ccc(Cl)cc1Cl)C(C)C)CC2. The van der Waals surface area contributed by atoms with E-state index in [1.807, 2.05) is 39.8 Å². The van der Waals surface area contributed by atoms with E-state index in [9.17, 15) is 9.59 Å². The van der Waals surface area contributed by atoms with E-state index in [1.54, 1.807) is 17.0 Å². The van der Waals surface area contributed by atoms with Crippen molar-refractivity contribution in [1.82, 2.24) is 10.2 Å². The summed E-state index contributed by atoms with van der Waals surface area (Å²) in [5.74, 6) is 0.777. The van der Waals surface area contributed by atoms with E-state index in [4.69, 9.17) is 32.7 Å². The molecule has 6 nitrogen and oxygen atoms in total. The molecular weight excluding hydrogens is 463 g/mol. The Morgan fingerprint density at radius 2 is 1.67 bits per heavy atom. The second kappa shape index (κ2) is 11.1. The van der Waals surface area contributed by atoms with Crippen molar-refractivity contribution in [3.63, 3.8) is 0 Å². The van der Waals surface area contributed by atoms with Gasteiger partial charge in [-0.05, 0) is 67.6 Å². The minimum atomic E-state index is -0.681. The van der Waals surface area contributed by atoms with Crippen molar-refractivity contribution in [2.45, 2.75) is 46.7 Å². The first-order chi connectivity index (χ1) is 15.7. The fourth-order valence-electron chi connectivity index (χ4n) is 3.89. The van der Waals surface area contributed by atoms with Crippen molar-refractivity contribution >= 4 is 35.0 Å². The quantitative estimate of drug-likeness (QED) is 0.554. The van der Waals surface area contributed by atoms with Crippen molar-refractivity contribution in [1.29, 1.82) is 0 Å². The average Bonchev–Trinajstić information content (AvgIpc) is 2.77. The maximum Gasteiger partial charge on any atom is 0.253 e. The van der Waals surface area contributed by atoms with Crippen LogP contribution in [0.2, 0.25) is 10.0 Å². The minimum absolute atomic E-state index is 0.103. The summed E-state index contributed by atoms with van der Waals surface area (Å²) in [6.45, 7) is 9.76. The Morgan fingerprint density at radius 3 is 2.24 bits per heavy atom. The van der Waals surface area contributed by atoms with Crippen molar-refractivity contribution < 1.29 is 19.1 Å². The average molecular weight is 493 g/mol. The molecule has 2 amide bonds. The Morgan fingerprint density at radius 1 is 1.03 bits per heavy atom. The third-order valence-electron chi connectivity index (χ3n) is 5.58. The number of carbonyl (C=O) groups is 2. The zero-order chi connectivity index (χ0) is 24.1. The lowest BCUT2D eigenvalue weighted by molar-refractivity contribution is -0.135. The van der Waals surface area contributed by atoms with Crippen LogP contribution < -0.4 is 14.8 Å². The van der Waals surface area contributed by atoms with Gasteiger partial charge in [-0.15, -0.1) is 0 Å². The molecule has 0 fully saturated rings. The van der Waals surface area contributed by atoms with Gasteiger partial charge >= 0.3 is 0 Å². The predicted molar refractivity (Wildman–Crippen MR) is 130 cm³/mol. The van der Waals surface area contributed by atoms with E-state index in [0.29, 0.717) is 43.5 Å². The fourth-order valence-corrected chi connectivity index (χ4v) is 4.39. The minimum Gasteiger partial charge on any atom is -0.490 e. The highest BCUT2D eigenvalue weighted by molar-refractivity contribution is 6.36. The highest BCUT2D eigenvalue weighted by Crippen LogP contribution is 2.34. The Hall–Kier alpha value is -2.44. The number of nitrogens with one attached hydrogen (secondary N) is 1. The van der Waals surface area contributed by atoms with Crippen LogP contribution in [0.15, 0.2) is 30.3 Å². The molecular formula is C25H30Cl2N2O4. The van der Waals surface area contributed by atoms with Gasteiger partial charge in [0.05, 0.1) is 23.8 Å². The first-order valence-corrected chi connectivity index (χ1v) is 12.0. The van der Waals surface area contributed by atoms with E-state index in [-0.39, 0.29) is 22.4 Å². The smallest absolute Gasteiger partial charge is 0.253 e. The third kappa shape index (κ3) is 5.92. The molecule has 3 rings (SSSR count). The zero-order valence-electron chi connectivity index (χ0n) is 19.4. The second-order valence-electron chi connectivity index (χ2n) is 8.26. The van der Waals surface area contributed by atoms with Gasteiger partial charge in [-0.2, -0.15) is 0 Å². The van der Waals surface area contributed by atoms with Crippen LogP contribution in [0.25, 0.3) is 0 Å². The number of nitrogens with zero attached hydrogens (tertiary/aromatic N) is 1. The van der Waals surface area contributed by atoms with E-state index in [1.165, 1.54) is 6.07 Å². The maximum absolute atomic E-state index is 13.4. The van der Waals surface area contributed by atoms with E-state index in [0.717, 1.165) is 16.9 Å². The predicted octanol–water partition coefficient (Wildman–Crippen LogP) is 5.13. The van der Waals surface area contributed by atoms with E-state index >= 15 is 0 Å². The molecule has 178 valence electrons. The number of amides is 2. The van der Waals surface area contributed by atoms with Crippen molar-refractivity contribution in [2.75, 3.05) is 19.8 Å². The van der Waals surface area contributed by atoms with Crippen molar-refractivity contribution in [3.05, 3.63) is 57.1 Å². The van der Waals surface area contributed by atoms with Gasteiger partial charge in [-0.3, -0.25) is 9.59 Å². The number of carbonyl (C=O) groups excluding carboxylic acids is 2. The van der Waals surface area contributed by atoms with Gasteiger partial charge < -0.3 is 19.7 Å². The summed E-state index contributed by atoms with van der Waals surface area (Å²) in [6, 6.07) is 7.96. The van der Waals surface area contributed by atoms with Gasteiger partial charge in [0.15, 0.2) is 11.5 Å². The number of ether oxygens (including phenoxy) is 2. The summed E-state index contributed by atoms with van der Waals surface area (Å²) in [6.07, 6.45) is 0.704. The number of hydrogen-bond acceptors (Lipinski definition) is 4. The molecule has 1 aliphatic rings. The van der Waals surface area contributed by atoms with Gasteiger partial charge in [-0.1, -0.05) is 37.0 Å². The normalized spacial score (nSPS) is 14.0. The number of benzene rings is 2. The topological polar surface area (TPSA) is 67.9 Å². The fraction of sp³-hybridized carbons (Fsp3) is 0.440. The number of rotatable bonds is 8. The largest absolute Gasteiger partial charge is 0.490 e. The molecule has 0 spiro atoms. The first-order valence-electron chi connectivity index (χ1n) is 11.2. The number of halogens is 2. The van der Waals surface area contributed by atoms with Crippen molar-refractivity contribution in [2.24, 2.45) is 5.92 Å². The summed E-state index contributed by atoms with van der Waals surface area (Å²) in [5.41, 5.74) is 2.45. The molecule has 33 heavy (non-hydrogen) atoms. The highest BCUT2D eigenvalue weighted by Gasteiger charge is 2.32. The lowest BCUT2D eigenvalue weighted by Crippen LogP contribution is -2.52. The molecule has 0 bridgehead atoms. The lowest BCUT2D eigenvalue weighted by atomic mass is 9.96. The molecule has 2 aromatic carbocycles. The van der Waals surface area contributed by atoms with Crippen LogP contribution in [0, 0.1) is 5.92 Å². The molecule has 0 saturated heterocycles. The summed E-state index contributed by atoms with van der Waals surface area (Å²) in [7, 11) is 0. The standard InChI is InChI=1S/C25H30Cl2N2O4/c1-5-32-21-11-16-9-10-29(14-17(16)12-22(21)33-6-2)25(31)23(15(3)4)28-24(30)19-8-7-18(26)13-20(19)27/h7-8,11-13,15,23H,5-6,9-10,14H2,1-4H3,(H,28,30). The molecule has 0 radical (unpaired) electrons. The Labute approximate surface area is 205 Å². The molecule has 1 aliphatic heterocycles. The van der Waals surface area contributed by atoms with Gasteiger partial charge in [0.1, 0.15) is 6.04 Å². The third-order valence-corrected chi connectivity index (χ3v) is 6.13. The van der Waals surface area contributed by atoms with Gasteiger partial charge in [0.25, 0.3) is 5.91 Å². The van der Waals surface area contributed by atoms with Crippen LogP contribution in [0.3, 0.4) is 0 Å². The first kappa shape index (κ1) is 25.2. The number of fused-ring (bicyclic) bond motifs is 1. The Kier molecular flexibility index (Phi) is 8.49. The Bertz CT molecular complexity index is 1030. The van der Waals surface area contributed by atoms with Crippen LogP contribution >= 0.6 is 23.2 Å². The molecule has 8 heteroatoms. The molecule has 0 saturated carbocycles. The maximum atomic E-state index is 13.4. The monoisotopic (exact) mass is 492 g/mol. The lowest BCUT2D eigenvalue weighted by Gasteiger charge is -2.34. The highest BCUT2D eigenvalue weighted by atomic mass is 35.5. The molecule has 0 aliphatic carbocycles. The van der Waals surface area contributed by atoms with Crippen LogP contribution in [0.5, 0.6) is 11.5 Å². The molecule has 0 aromatic heterocycles. The summed E-state index contributed by atoms with van der Waals surface area (Å²) >= 11 is 12.1. The van der Waals surface area contributed by atoms with Crippen molar-refractivity contribution in [3.8, 4) is 11.5 Å². The van der Waals surface area contributed by atoms with Crippen LogP contribution in [-0.2, 0) is 17.8 Å². The van der Waals surface area contributed by atoms with Gasteiger partial charge in [-0.25, -0.2) is 0 Å². The van der Waals surface area contributed by atoms with Gasteiger partial charge in [0, 0.05) is 18.1 Å². The van der Waals surface area contributed by atoms with E-state index in [2.05, 4.69) is 5.32 Å². The summed E-state index contributed by atoms with van der Waals surface area (Å²) in [5, 5.41) is 3.56. The summed E-state index contributed by atoms with van der Waals surface area (Å²) < 4.78 is 11.5. The second-order valence-corrected chi connectivity index (χ2v) is 9.11. The van der Waals surface area contributed by atoms with Gasteiger partial charge in [0.2, 0.25) is 5.91 Å². The molecule has 1 N–H and O–H groups in total.